The standard InChI is InChI=1S/C20H21NO4S/c1-11(22)17-4-5-18(26-17)20(24)21-19(14-9-15(23)10-14)13-2-3-16-12(8-13)6-7-25-16/h2-5,8,14-15,19,23H,6-7,9-10H2,1H3,(H,21,24)/t14?,15?,19-/m1/s1. The van der Waals surface area contributed by atoms with E-state index < -0.39 is 0 Å². The Morgan fingerprint density at radius 1 is 1.23 bits per heavy atom. The summed E-state index contributed by atoms with van der Waals surface area (Å²) in [6.45, 7) is 2.19. The van der Waals surface area contributed by atoms with Crippen LogP contribution in [0.3, 0.4) is 0 Å². The Bertz CT molecular complexity index is 853. The minimum Gasteiger partial charge on any atom is -0.493 e. The monoisotopic (exact) mass is 371 g/mol. The third-order valence-electron chi connectivity index (χ3n) is 5.16. The highest BCUT2D eigenvalue weighted by Crippen LogP contribution is 2.40. The maximum Gasteiger partial charge on any atom is 0.261 e. The zero-order valence-electron chi connectivity index (χ0n) is 14.5. The normalized spacial score (nSPS) is 22.1. The lowest BCUT2D eigenvalue weighted by Crippen LogP contribution is -2.41. The predicted octanol–water partition coefficient (Wildman–Crippen LogP) is 3.13. The number of rotatable bonds is 5. The first-order valence-corrected chi connectivity index (χ1v) is 9.68. The summed E-state index contributed by atoms with van der Waals surface area (Å²) in [6, 6.07) is 9.30. The number of carbonyl (C=O) groups is 2. The summed E-state index contributed by atoms with van der Waals surface area (Å²) in [5.74, 6) is 0.912. The number of carbonyl (C=O) groups excluding carboxylic acids is 2. The molecule has 1 aliphatic carbocycles. The van der Waals surface area contributed by atoms with E-state index in [1.807, 2.05) is 12.1 Å². The molecular formula is C20H21NO4S. The smallest absolute Gasteiger partial charge is 0.261 e. The number of nitrogens with one attached hydrogen (secondary N) is 1. The van der Waals surface area contributed by atoms with E-state index in [9.17, 15) is 14.7 Å². The van der Waals surface area contributed by atoms with Crippen molar-refractivity contribution < 1.29 is 19.4 Å². The van der Waals surface area contributed by atoms with Gasteiger partial charge < -0.3 is 15.2 Å². The molecule has 0 unspecified atom stereocenters. The van der Waals surface area contributed by atoms with Gasteiger partial charge in [0, 0.05) is 6.42 Å². The van der Waals surface area contributed by atoms with Crippen LogP contribution < -0.4 is 10.1 Å². The van der Waals surface area contributed by atoms with E-state index in [0.717, 1.165) is 23.3 Å². The Balaban J connectivity index is 1.57. The Labute approximate surface area is 156 Å². The Morgan fingerprint density at radius 3 is 2.69 bits per heavy atom. The Hall–Kier alpha value is -2.18. The van der Waals surface area contributed by atoms with Crippen LogP contribution in [0.15, 0.2) is 30.3 Å². The summed E-state index contributed by atoms with van der Waals surface area (Å²) >= 11 is 1.21. The molecule has 1 aliphatic heterocycles. The van der Waals surface area contributed by atoms with Gasteiger partial charge in [0.05, 0.1) is 28.5 Å². The molecule has 26 heavy (non-hydrogen) atoms. The van der Waals surface area contributed by atoms with E-state index in [4.69, 9.17) is 4.74 Å². The van der Waals surface area contributed by atoms with E-state index in [-0.39, 0.29) is 29.8 Å². The quantitative estimate of drug-likeness (QED) is 0.792. The minimum absolute atomic E-state index is 0.0358. The zero-order valence-corrected chi connectivity index (χ0v) is 15.3. The van der Waals surface area contributed by atoms with E-state index in [0.29, 0.717) is 29.2 Å². The Kier molecular flexibility index (Phi) is 4.54. The number of amides is 1. The number of hydrogen-bond acceptors (Lipinski definition) is 5. The van der Waals surface area contributed by atoms with Gasteiger partial charge >= 0.3 is 0 Å². The molecule has 1 aromatic carbocycles. The molecule has 2 aromatic rings. The molecule has 0 spiro atoms. The summed E-state index contributed by atoms with van der Waals surface area (Å²) in [4.78, 5) is 25.3. The third kappa shape index (κ3) is 3.27. The van der Waals surface area contributed by atoms with Crippen molar-refractivity contribution in [3.05, 3.63) is 51.2 Å². The van der Waals surface area contributed by atoms with Crippen LogP contribution in [0.5, 0.6) is 5.75 Å². The van der Waals surface area contributed by atoms with Crippen molar-refractivity contribution in [2.45, 2.75) is 38.3 Å². The SMILES string of the molecule is CC(=O)c1ccc(C(=O)N[C@H](c2ccc3c(c2)CCO3)C2CC(O)C2)s1. The van der Waals surface area contributed by atoms with Gasteiger partial charge in [0.15, 0.2) is 5.78 Å². The topological polar surface area (TPSA) is 75.6 Å². The highest BCUT2D eigenvalue weighted by Gasteiger charge is 2.36. The van der Waals surface area contributed by atoms with Crippen LogP contribution in [0.25, 0.3) is 0 Å². The van der Waals surface area contributed by atoms with E-state index in [1.54, 1.807) is 12.1 Å². The number of ether oxygens (including phenoxy) is 1. The lowest BCUT2D eigenvalue weighted by atomic mass is 9.75. The van der Waals surface area contributed by atoms with Crippen LogP contribution in [0, 0.1) is 5.92 Å². The average Bonchev–Trinajstić information content (AvgIpc) is 3.25. The van der Waals surface area contributed by atoms with Gasteiger partial charge in [-0.25, -0.2) is 0 Å². The van der Waals surface area contributed by atoms with E-state index >= 15 is 0 Å². The van der Waals surface area contributed by atoms with Crippen molar-refractivity contribution in [1.29, 1.82) is 0 Å². The van der Waals surface area contributed by atoms with Crippen LogP contribution in [-0.4, -0.2) is 29.5 Å². The molecule has 1 atom stereocenters. The molecule has 1 amide bonds. The van der Waals surface area contributed by atoms with Crippen molar-refractivity contribution in [3.63, 3.8) is 0 Å². The summed E-state index contributed by atoms with van der Waals surface area (Å²) < 4.78 is 5.57. The van der Waals surface area contributed by atoms with Gasteiger partial charge in [-0.2, -0.15) is 0 Å². The molecule has 1 fully saturated rings. The van der Waals surface area contributed by atoms with Gasteiger partial charge in [-0.1, -0.05) is 6.07 Å². The third-order valence-corrected chi connectivity index (χ3v) is 6.34. The molecule has 1 aromatic heterocycles. The molecule has 2 N–H and O–H groups in total. The molecule has 2 aliphatic rings. The number of benzene rings is 1. The number of ketones is 1. The van der Waals surface area contributed by atoms with Gasteiger partial charge in [0.2, 0.25) is 0 Å². The second-order valence-electron chi connectivity index (χ2n) is 7.02. The van der Waals surface area contributed by atoms with Crippen LogP contribution in [0.1, 0.15) is 56.3 Å². The van der Waals surface area contributed by atoms with Crippen molar-refractivity contribution in [2.24, 2.45) is 5.92 Å². The van der Waals surface area contributed by atoms with Crippen LogP contribution in [-0.2, 0) is 6.42 Å². The molecule has 0 saturated heterocycles. The Morgan fingerprint density at radius 2 is 2.00 bits per heavy atom. The summed E-state index contributed by atoms with van der Waals surface area (Å²) in [5.41, 5.74) is 2.21. The van der Waals surface area contributed by atoms with Gasteiger partial charge in [0.25, 0.3) is 5.91 Å². The van der Waals surface area contributed by atoms with Crippen molar-refractivity contribution in [2.75, 3.05) is 6.61 Å². The fourth-order valence-corrected chi connectivity index (χ4v) is 4.44. The maximum absolute atomic E-state index is 12.7. The highest BCUT2D eigenvalue weighted by atomic mass is 32.1. The predicted molar refractivity (Wildman–Crippen MR) is 98.9 cm³/mol. The first-order chi connectivity index (χ1) is 12.5. The van der Waals surface area contributed by atoms with Crippen molar-refractivity contribution >= 4 is 23.0 Å². The van der Waals surface area contributed by atoms with E-state index in [1.165, 1.54) is 18.3 Å². The zero-order chi connectivity index (χ0) is 18.3. The number of Topliss-reactive ketones (excluding diaryl/α,β-unsaturated/α-hetero) is 1. The first-order valence-electron chi connectivity index (χ1n) is 8.86. The summed E-state index contributed by atoms with van der Waals surface area (Å²) in [6.07, 6.45) is 1.95. The fraction of sp³-hybridized carbons (Fsp3) is 0.400. The minimum atomic E-state index is -0.289. The molecule has 0 radical (unpaired) electrons. The van der Waals surface area contributed by atoms with Gasteiger partial charge in [-0.05, 0) is 61.1 Å². The fourth-order valence-electron chi connectivity index (χ4n) is 3.64. The molecule has 6 heteroatoms. The maximum atomic E-state index is 12.7. The van der Waals surface area contributed by atoms with Gasteiger partial charge in [-0.15, -0.1) is 11.3 Å². The van der Waals surface area contributed by atoms with Gasteiger partial charge in [-0.3, -0.25) is 9.59 Å². The summed E-state index contributed by atoms with van der Waals surface area (Å²) in [7, 11) is 0. The second-order valence-corrected chi connectivity index (χ2v) is 8.11. The first kappa shape index (κ1) is 17.2. The number of thiophene rings is 1. The van der Waals surface area contributed by atoms with E-state index in [2.05, 4.69) is 11.4 Å². The molecule has 2 heterocycles. The van der Waals surface area contributed by atoms with Gasteiger partial charge in [0.1, 0.15) is 5.75 Å². The molecular weight excluding hydrogens is 350 g/mol. The largest absolute Gasteiger partial charge is 0.493 e. The average molecular weight is 371 g/mol. The lowest BCUT2D eigenvalue weighted by molar-refractivity contribution is 0.0235. The van der Waals surface area contributed by atoms with Crippen LogP contribution in [0.4, 0.5) is 0 Å². The molecule has 136 valence electrons. The number of aliphatic hydroxyl groups is 1. The summed E-state index contributed by atoms with van der Waals surface area (Å²) in [5, 5.41) is 12.8. The molecule has 5 nitrogen and oxygen atoms in total. The highest BCUT2D eigenvalue weighted by molar-refractivity contribution is 7.15. The van der Waals surface area contributed by atoms with Crippen molar-refractivity contribution in [3.8, 4) is 5.75 Å². The molecule has 1 saturated carbocycles. The van der Waals surface area contributed by atoms with Crippen molar-refractivity contribution in [1.82, 2.24) is 5.32 Å². The second kappa shape index (κ2) is 6.85. The molecule has 0 bridgehead atoms. The number of hydrogen-bond donors (Lipinski definition) is 2. The molecule has 4 rings (SSSR count). The number of fused-ring (bicyclic) bond motifs is 1. The van der Waals surface area contributed by atoms with Crippen LogP contribution in [0.2, 0.25) is 0 Å². The van der Waals surface area contributed by atoms with Crippen LogP contribution >= 0.6 is 11.3 Å². The lowest BCUT2D eigenvalue weighted by Gasteiger charge is -2.38. The number of aliphatic hydroxyl groups excluding tert-OH is 1.